The van der Waals surface area contributed by atoms with E-state index >= 15 is 0 Å². The molecule has 0 saturated carbocycles. The average molecular weight is 357 g/mol. The SMILES string of the molecule is CCN=c1scc(-c2cccc(Cl)c2)n1N=C(C)c1cccnc1. The summed E-state index contributed by atoms with van der Waals surface area (Å²) in [6.07, 6.45) is 3.56. The van der Waals surface area contributed by atoms with Crippen molar-refractivity contribution in [1.29, 1.82) is 0 Å². The van der Waals surface area contributed by atoms with Crippen LogP contribution in [-0.2, 0) is 0 Å². The topological polar surface area (TPSA) is 42.5 Å². The molecule has 2 aromatic heterocycles. The Morgan fingerprint density at radius 1 is 1.29 bits per heavy atom. The van der Waals surface area contributed by atoms with E-state index in [2.05, 4.69) is 15.4 Å². The highest BCUT2D eigenvalue weighted by atomic mass is 35.5. The van der Waals surface area contributed by atoms with Crippen LogP contribution >= 0.6 is 22.9 Å². The van der Waals surface area contributed by atoms with Gasteiger partial charge in [0.05, 0.1) is 11.4 Å². The fraction of sp³-hybridized carbons (Fsp3) is 0.167. The summed E-state index contributed by atoms with van der Waals surface area (Å²) >= 11 is 7.71. The normalized spacial score (nSPS) is 12.6. The molecule has 24 heavy (non-hydrogen) atoms. The fourth-order valence-corrected chi connectivity index (χ4v) is 3.36. The number of rotatable bonds is 4. The lowest BCUT2D eigenvalue weighted by molar-refractivity contribution is 0.827. The number of hydrogen-bond donors (Lipinski definition) is 0. The number of nitrogens with zero attached hydrogens (tertiary/aromatic N) is 4. The Bertz CT molecular complexity index is 925. The first kappa shape index (κ1) is 16.6. The third-order valence-corrected chi connectivity index (χ3v) is 4.52. The Kier molecular flexibility index (Phi) is 5.23. The van der Waals surface area contributed by atoms with Crippen LogP contribution < -0.4 is 4.80 Å². The molecule has 0 bridgehead atoms. The van der Waals surface area contributed by atoms with Gasteiger partial charge in [-0.2, -0.15) is 5.10 Å². The second-order valence-electron chi connectivity index (χ2n) is 5.13. The van der Waals surface area contributed by atoms with Gasteiger partial charge >= 0.3 is 0 Å². The standard InChI is InChI=1S/C18H17ClN4S/c1-3-21-18-23(22-13(2)15-7-5-9-20-11-15)17(12-24-18)14-6-4-8-16(19)10-14/h4-12H,3H2,1-2H3. The molecule has 0 amide bonds. The molecule has 3 rings (SSSR count). The molecule has 0 radical (unpaired) electrons. The zero-order valence-electron chi connectivity index (χ0n) is 13.5. The Balaban J connectivity index is 2.15. The fourth-order valence-electron chi connectivity index (χ4n) is 2.27. The number of aromatic nitrogens is 2. The number of benzene rings is 1. The molecule has 3 aromatic rings. The summed E-state index contributed by atoms with van der Waals surface area (Å²) in [5.74, 6) is 0. The van der Waals surface area contributed by atoms with Crippen LogP contribution in [0.5, 0.6) is 0 Å². The molecular formula is C18H17ClN4S. The highest BCUT2D eigenvalue weighted by Gasteiger charge is 2.09. The van der Waals surface area contributed by atoms with E-state index in [1.165, 1.54) is 0 Å². The zero-order valence-corrected chi connectivity index (χ0v) is 15.1. The Morgan fingerprint density at radius 2 is 2.17 bits per heavy atom. The van der Waals surface area contributed by atoms with Crippen LogP contribution in [-0.4, -0.2) is 21.9 Å². The summed E-state index contributed by atoms with van der Waals surface area (Å²) in [6.45, 7) is 4.69. The van der Waals surface area contributed by atoms with Crippen molar-refractivity contribution < 1.29 is 0 Å². The van der Waals surface area contributed by atoms with Crippen molar-refractivity contribution in [2.75, 3.05) is 6.54 Å². The monoisotopic (exact) mass is 356 g/mol. The number of halogens is 1. The summed E-state index contributed by atoms with van der Waals surface area (Å²) in [6, 6.07) is 11.7. The van der Waals surface area contributed by atoms with E-state index in [0.717, 1.165) is 27.3 Å². The molecule has 4 nitrogen and oxygen atoms in total. The van der Waals surface area contributed by atoms with Gasteiger partial charge in [-0.15, -0.1) is 11.3 Å². The van der Waals surface area contributed by atoms with Gasteiger partial charge in [0.2, 0.25) is 4.80 Å². The van der Waals surface area contributed by atoms with E-state index in [9.17, 15) is 0 Å². The molecule has 122 valence electrons. The van der Waals surface area contributed by atoms with Crippen LogP contribution in [0.1, 0.15) is 19.4 Å². The number of hydrogen-bond acceptors (Lipinski definition) is 4. The third kappa shape index (κ3) is 3.63. The van der Waals surface area contributed by atoms with Gasteiger partial charge in [0.15, 0.2) is 0 Å². The van der Waals surface area contributed by atoms with Crippen molar-refractivity contribution in [2.45, 2.75) is 13.8 Å². The van der Waals surface area contributed by atoms with Crippen LogP contribution in [0.25, 0.3) is 11.3 Å². The minimum absolute atomic E-state index is 0.701. The van der Waals surface area contributed by atoms with Crippen LogP contribution in [0, 0.1) is 0 Å². The minimum Gasteiger partial charge on any atom is -0.264 e. The molecule has 0 N–H and O–H groups in total. The van der Waals surface area contributed by atoms with E-state index in [-0.39, 0.29) is 0 Å². The van der Waals surface area contributed by atoms with Crippen LogP contribution in [0.15, 0.2) is 64.3 Å². The second-order valence-corrected chi connectivity index (χ2v) is 6.40. The van der Waals surface area contributed by atoms with Gasteiger partial charge in [0.1, 0.15) is 0 Å². The molecule has 0 aliphatic rings. The summed E-state index contributed by atoms with van der Waals surface area (Å²) in [5, 5.41) is 7.54. The van der Waals surface area contributed by atoms with Crippen LogP contribution in [0.2, 0.25) is 5.02 Å². The maximum absolute atomic E-state index is 6.14. The van der Waals surface area contributed by atoms with Crippen molar-refractivity contribution in [3.05, 3.63) is 69.6 Å². The maximum atomic E-state index is 6.14. The van der Waals surface area contributed by atoms with E-state index in [1.54, 1.807) is 17.5 Å². The Morgan fingerprint density at radius 3 is 2.88 bits per heavy atom. The van der Waals surface area contributed by atoms with Gasteiger partial charge in [-0.05, 0) is 32.0 Å². The molecule has 6 heteroatoms. The van der Waals surface area contributed by atoms with Crippen LogP contribution in [0.4, 0.5) is 0 Å². The quantitative estimate of drug-likeness (QED) is 0.636. The van der Waals surface area contributed by atoms with Crippen molar-refractivity contribution >= 4 is 28.6 Å². The van der Waals surface area contributed by atoms with Crippen LogP contribution in [0.3, 0.4) is 0 Å². The highest BCUT2D eigenvalue weighted by molar-refractivity contribution is 7.07. The van der Waals surface area contributed by atoms with Gasteiger partial charge in [-0.3, -0.25) is 9.98 Å². The summed E-state index contributed by atoms with van der Waals surface area (Å²) < 4.78 is 1.88. The predicted molar refractivity (Wildman–Crippen MR) is 101 cm³/mol. The van der Waals surface area contributed by atoms with Gasteiger partial charge < -0.3 is 0 Å². The molecule has 2 heterocycles. The van der Waals surface area contributed by atoms with Gasteiger partial charge in [0.25, 0.3) is 0 Å². The van der Waals surface area contributed by atoms with Crippen molar-refractivity contribution in [1.82, 2.24) is 9.66 Å². The first-order chi connectivity index (χ1) is 11.7. The molecule has 0 aliphatic heterocycles. The first-order valence-electron chi connectivity index (χ1n) is 7.62. The Hall–Kier alpha value is -2.24. The van der Waals surface area contributed by atoms with E-state index in [0.29, 0.717) is 11.6 Å². The molecule has 0 atom stereocenters. The molecule has 0 unspecified atom stereocenters. The van der Waals surface area contributed by atoms with Crippen molar-refractivity contribution in [3.63, 3.8) is 0 Å². The molecule has 0 aliphatic carbocycles. The molecule has 0 fully saturated rings. The average Bonchev–Trinajstić information content (AvgIpc) is 2.98. The smallest absolute Gasteiger partial charge is 0.206 e. The third-order valence-electron chi connectivity index (χ3n) is 3.43. The summed E-state index contributed by atoms with van der Waals surface area (Å²) in [5.41, 5.74) is 3.84. The lowest BCUT2D eigenvalue weighted by Crippen LogP contribution is -2.14. The first-order valence-corrected chi connectivity index (χ1v) is 8.87. The summed E-state index contributed by atoms with van der Waals surface area (Å²) in [7, 11) is 0. The molecule has 0 saturated heterocycles. The number of thiazole rings is 1. The lowest BCUT2D eigenvalue weighted by Gasteiger charge is -2.06. The van der Waals surface area contributed by atoms with E-state index in [1.807, 2.05) is 61.1 Å². The second kappa shape index (κ2) is 7.55. The molecule has 1 aromatic carbocycles. The minimum atomic E-state index is 0.701. The zero-order chi connectivity index (χ0) is 16.9. The molecule has 0 spiro atoms. The van der Waals surface area contributed by atoms with Crippen molar-refractivity contribution in [3.8, 4) is 11.3 Å². The maximum Gasteiger partial charge on any atom is 0.206 e. The van der Waals surface area contributed by atoms with E-state index < -0.39 is 0 Å². The molecular weight excluding hydrogens is 340 g/mol. The lowest BCUT2D eigenvalue weighted by atomic mass is 10.2. The Labute approximate surface area is 149 Å². The predicted octanol–water partition coefficient (Wildman–Crippen LogP) is 4.46. The van der Waals surface area contributed by atoms with Gasteiger partial charge in [0, 0.05) is 40.5 Å². The summed E-state index contributed by atoms with van der Waals surface area (Å²) in [4.78, 5) is 9.56. The largest absolute Gasteiger partial charge is 0.264 e. The van der Waals surface area contributed by atoms with Gasteiger partial charge in [-0.25, -0.2) is 4.68 Å². The highest BCUT2D eigenvalue weighted by Crippen LogP contribution is 2.23. The number of pyridine rings is 1. The van der Waals surface area contributed by atoms with E-state index in [4.69, 9.17) is 16.7 Å². The van der Waals surface area contributed by atoms with Gasteiger partial charge in [-0.1, -0.05) is 29.8 Å². The van der Waals surface area contributed by atoms with Crippen molar-refractivity contribution in [2.24, 2.45) is 10.1 Å².